The fourth-order valence-corrected chi connectivity index (χ4v) is 3.55. The van der Waals surface area contributed by atoms with Crippen LogP contribution in [0.2, 0.25) is 0 Å². The maximum atomic E-state index is 12.6. The van der Waals surface area contributed by atoms with Gasteiger partial charge in [-0.2, -0.15) is 4.98 Å². The van der Waals surface area contributed by atoms with Crippen LogP contribution in [0, 0.1) is 6.92 Å². The summed E-state index contributed by atoms with van der Waals surface area (Å²) in [6.45, 7) is 2.04. The minimum absolute atomic E-state index is 0.00938. The molecule has 120 valence electrons. The first-order valence-electron chi connectivity index (χ1n) is 7.80. The van der Waals surface area contributed by atoms with Crippen LogP contribution in [0.5, 0.6) is 0 Å². The number of H-pyrrole nitrogens is 1. The molecule has 1 unspecified atom stereocenters. The van der Waals surface area contributed by atoms with Gasteiger partial charge < -0.3 is 5.73 Å². The molecule has 4 rings (SSSR count). The van der Waals surface area contributed by atoms with Crippen molar-refractivity contribution >= 4 is 22.8 Å². The number of nitrogen functional groups attached to an aromatic ring is 1. The van der Waals surface area contributed by atoms with Gasteiger partial charge in [-0.15, -0.1) is 0 Å². The highest BCUT2D eigenvalue weighted by Crippen LogP contribution is 2.35. The van der Waals surface area contributed by atoms with E-state index in [1.807, 2.05) is 31.2 Å². The molecule has 0 aliphatic heterocycles. The third-order valence-corrected chi connectivity index (χ3v) is 4.67. The Labute approximate surface area is 137 Å². The van der Waals surface area contributed by atoms with E-state index in [-0.39, 0.29) is 28.9 Å². The molecule has 0 bridgehead atoms. The molecular weight excluding hydrogens is 304 g/mol. The van der Waals surface area contributed by atoms with Gasteiger partial charge in [-0.25, -0.2) is 4.98 Å². The van der Waals surface area contributed by atoms with Crippen molar-refractivity contribution in [2.75, 3.05) is 5.73 Å². The summed E-state index contributed by atoms with van der Waals surface area (Å²) in [7, 11) is 0. The molecule has 2 aromatic heterocycles. The number of pyridine rings is 1. The monoisotopic (exact) mass is 320 g/mol. The molecule has 6 nitrogen and oxygen atoms in total. The van der Waals surface area contributed by atoms with Crippen molar-refractivity contribution in [3.8, 4) is 0 Å². The molecular formula is C18H16N4O2. The first kappa shape index (κ1) is 14.6. The lowest BCUT2D eigenvalue weighted by Crippen LogP contribution is -2.23. The van der Waals surface area contributed by atoms with E-state index in [9.17, 15) is 9.59 Å². The van der Waals surface area contributed by atoms with Crippen molar-refractivity contribution in [1.82, 2.24) is 15.0 Å². The maximum absolute atomic E-state index is 12.6. The highest BCUT2D eigenvalue weighted by atomic mass is 16.1. The SMILES string of the molecule is Cc1ccccc1C1CC(=O)c2cnc3nc(N)[nH]c(=O)c3c2C1. The predicted molar refractivity (Wildman–Crippen MR) is 91.1 cm³/mol. The van der Waals surface area contributed by atoms with Crippen molar-refractivity contribution in [2.24, 2.45) is 0 Å². The molecule has 1 aromatic carbocycles. The number of carbonyl (C=O) groups is 1. The van der Waals surface area contributed by atoms with Gasteiger partial charge >= 0.3 is 0 Å². The van der Waals surface area contributed by atoms with Crippen LogP contribution in [0.1, 0.15) is 39.4 Å². The standard InChI is InChI=1S/C18H16N4O2/c1-9-4-2-3-5-11(9)10-6-12-13(14(23)7-10)8-20-16-15(12)17(24)22-18(19)21-16/h2-5,8,10H,6-7H2,1H3,(H3,19,20,21,22,24). The number of aromatic nitrogens is 3. The average Bonchev–Trinajstić information content (AvgIpc) is 2.54. The van der Waals surface area contributed by atoms with Gasteiger partial charge in [0.1, 0.15) is 0 Å². The summed E-state index contributed by atoms with van der Waals surface area (Å²) < 4.78 is 0. The van der Waals surface area contributed by atoms with E-state index in [0.29, 0.717) is 23.8 Å². The second kappa shape index (κ2) is 5.26. The third kappa shape index (κ3) is 2.19. The third-order valence-electron chi connectivity index (χ3n) is 4.67. The summed E-state index contributed by atoms with van der Waals surface area (Å²) in [5, 5.41) is 0.369. The Hall–Kier alpha value is -3.02. The summed E-state index contributed by atoms with van der Waals surface area (Å²) in [5.41, 5.74) is 9.06. The van der Waals surface area contributed by atoms with Gasteiger partial charge in [0.05, 0.1) is 5.39 Å². The second-order valence-electron chi connectivity index (χ2n) is 6.19. The molecule has 0 spiro atoms. The number of aryl methyl sites for hydroxylation is 1. The molecule has 1 atom stereocenters. The number of ketones is 1. The molecule has 2 heterocycles. The summed E-state index contributed by atoms with van der Waals surface area (Å²) in [6.07, 6.45) is 2.55. The van der Waals surface area contributed by atoms with Crippen molar-refractivity contribution in [3.05, 3.63) is 63.1 Å². The van der Waals surface area contributed by atoms with Gasteiger partial charge in [0.2, 0.25) is 5.95 Å². The van der Waals surface area contributed by atoms with Crippen molar-refractivity contribution < 1.29 is 4.79 Å². The number of anilines is 1. The van der Waals surface area contributed by atoms with Gasteiger partial charge in [-0.3, -0.25) is 14.6 Å². The molecule has 1 aliphatic rings. The summed E-state index contributed by atoms with van der Waals surface area (Å²) in [4.78, 5) is 35.7. The van der Waals surface area contributed by atoms with Crippen molar-refractivity contribution in [2.45, 2.75) is 25.7 Å². The number of Topliss-reactive ketones (excluding diaryl/α,β-unsaturated/α-hetero) is 1. The van der Waals surface area contributed by atoms with Gasteiger partial charge in [0.25, 0.3) is 5.56 Å². The minimum Gasteiger partial charge on any atom is -0.369 e. The molecule has 3 aromatic rings. The molecule has 24 heavy (non-hydrogen) atoms. The highest BCUT2D eigenvalue weighted by Gasteiger charge is 2.30. The van der Waals surface area contributed by atoms with E-state index in [0.717, 1.165) is 16.7 Å². The van der Waals surface area contributed by atoms with Crippen LogP contribution in [0.25, 0.3) is 11.0 Å². The first-order valence-corrected chi connectivity index (χ1v) is 7.80. The van der Waals surface area contributed by atoms with E-state index >= 15 is 0 Å². The number of nitrogens with two attached hydrogens (primary N) is 1. The van der Waals surface area contributed by atoms with Gasteiger partial charge in [0.15, 0.2) is 11.4 Å². The number of fused-ring (bicyclic) bond motifs is 3. The molecule has 0 fully saturated rings. The molecule has 1 aliphatic carbocycles. The average molecular weight is 320 g/mol. The number of hydrogen-bond acceptors (Lipinski definition) is 5. The Balaban J connectivity index is 1.93. The van der Waals surface area contributed by atoms with Crippen LogP contribution >= 0.6 is 0 Å². The number of benzene rings is 1. The van der Waals surface area contributed by atoms with Crippen LogP contribution in [0.4, 0.5) is 5.95 Å². The summed E-state index contributed by atoms with van der Waals surface area (Å²) >= 11 is 0. The van der Waals surface area contributed by atoms with E-state index in [2.05, 4.69) is 15.0 Å². The van der Waals surface area contributed by atoms with E-state index in [1.54, 1.807) is 0 Å². The fraction of sp³-hybridized carbons (Fsp3) is 0.222. The van der Waals surface area contributed by atoms with Crippen LogP contribution in [-0.2, 0) is 6.42 Å². The maximum Gasteiger partial charge on any atom is 0.262 e. The predicted octanol–water partition coefficient (Wildman–Crippen LogP) is 2.12. The summed E-state index contributed by atoms with van der Waals surface area (Å²) in [5.74, 6) is 0.0846. The minimum atomic E-state index is -0.347. The zero-order valence-corrected chi connectivity index (χ0v) is 13.2. The molecule has 0 radical (unpaired) electrons. The fourth-order valence-electron chi connectivity index (χ4n) is 3.55. The molecule has 6 heteroatoms. The smallest absolute Gasteiger partial charge is 0.262 e. The number of nitrogens with one attached hydrogen (secondary N) is 1. The van der Waals surface area contributed by atoms with Crippen molar-refractivity contribution in [1.29, 1.82) is 0 Å². The Morgan fingerprint density at radius 3 is 2.79 bits per heavy atom. The van der Waals surface area contributed by atoms with Crippen LogP contribution in [-0.4, -0.2) is 20.7 Å². The topological polar surface area (TPSA) is 102 Å². The van der Waals surface area contributed by atoms with Gasteiger partial charge in [0, 0.05) is 18.2 Å². The number of aromatic amines is 1. The van der Waals surface area contributed by atoms with E-state index < -0.39 is 0 Å². The Bertz CT molecular complexity index is 1040. The first-order chi connectivity index (χ1) is 11.5. The van der Waals surface area contributed by atoms with Gasteiger partial charge in [-0.1, -0.05) is 24.3 Å². The number of nitrogens with zero attached hydrogens (tertiary/aromatic N) is 2. The Morgan fingerprint density at radius 2 is 2.00 bits per heavy atom. The molecule has 0 saturated heterocycles. The highest BCUT2D eigenvalue weighted by molar-refractivity contribution is 6.02. The molecule has 0 amide bonds. The Morgan fingerprint density at radius 1 is 1.21 bits per heavy atom. The normalized spacial score (nSPS) is 17.0. The van der Waals surface area contributed by atoms with Crippen LogP contribution in [0.3, 0.4) is 0 Å². The van der Waals surface area contributed by atoms with Gasteiger partial charge in [-0.05, 0) is 36.0 Å². The second-order valence-corrected chi connectivity index (χ2v) is 6.19. The zero-order chi connectivity index (χ0) is 16.8. The quantitative estimate of drug-likeness (QED) is 0.715. The molecule has 3 N–H and O–H groups in total. The van der Waals surface area contributed by atoms with E-state index in [1.165, 1.54) is 6.20 Å². The lowest BCUT2D eigenvalue weighted by molar-refractivity contribution is 0.0964. The number of rotatable bonds is 1. The lowest BCUT2D eigenvalue weighted by Gasteiger charge is -2.25. The number of carbonyl (C=O) groups excluding carboxylic acids is 1. The molecule has 0 saturated carbocycles. The lowest BCUT2D eigenvalue weighted by atomic mass is 9.78. The van der Waals surface area contributed by atoms with Crippen LogP contribution in [0.15, 0.2) is 35.3 Å². The number of hydrogen-bond donors (Lipinski definition) is 2. The Kier molecular flexibility index (Phi) is 3.19. The van der Waals surface area contributed by atoms with Crippen molar-refractivity contribution in [3.63, 3.8) is 0 Å². The van der Waals surface area contributed by atoms with E-state index in [4.69, 9.17) is 5.73 Å². The zero-order valence-electron chi connectivity index (χ0n) is 13.2. The summed E-state index contributed by atoms with van der Waals surface area (Å²) in [6, 6.07) is 8.04. The largest absolute Gasteiger partial charge is 0.369 e. The van der Waals surface area contributed by atoms with Crippen LogP contribution < -0.4 is 11.3 Å².